The highest BCUT2D eigenvalue weighted by Crippen LogP contribution is 2.06. The van der Waals surface area contributed by atoms with Gasteiger partial charge in [-0.3, -0.25) is 9.59 Å². The van der Waals surface area contributed by atoms with Crippen LogP contribution in [0.15, 0.2) is 0 Å². The molecule has 0 aliphatic rings. The van der Waals surface area contributed by atoms with Gasteiger partial charge < -0.3 is 44.2 Å². The van der Waals surface area contributed by atoms with Gasteiger partial charge in [0.15, 0.2) is 18.1 Å². The molecule has 0 unspecified atom stereocenters. The lowest BCUT2D eigenvalue weighted by Crippen LogP contribution is -2.56. The van der Waals surface area contributed by atoms with Gasteiger partial charge >= 0.3 is 5.97 Å². The molecule has 0 atom stereocenters. The molecular formula is C18H40N2O7. The van der Waals surface area contributed by atoms with Gasteiger partial charge in [0.05, 0.1) is 33.9 Å². The molecule has 27 heavy (non-hydrogen) atoms. The van der Waals surface area contributed by atoms with Gasteiger partial charge in [-0.05, 0) is 0 Å². The van der Waals surface area contributed by atoms with E-state index in [0.29, 0.717) is 17.6 Å². The second-order valence-electron chi connectivity index (χ2n) is 6.89. The largest absolute Gasteiger partial charge is 0.477 e. The number of ketones is 2. The van der Waals surface area contributed by atoms with E-state index < -0.39 is 5.97 Å². The van der Waals surface area contributed by atoms with Crippen molar-refractivity contribution in [1.29, 1.82) is 0 Å². The minimum Gasteiger partial charge on any atom is -0.477 e. The predicted octanol–water partition coefficient (Wildman–Crippen LogP) is -0.994. The van der Waals surface area contributed by atoms with Gasteiger partial charge in [0.2, 0.25) is 0 Å². The second-order valence-corrected chi connectivity index (χ2v) is 6.89. The lowest BCUT2D eigenvalue weighted by atomic mass is 10.2. The van der Waals surface area contributed by atoms with E-state index >= 15 is 0 Å². The van der Waals surface area contributed by atoms with Crippen molar-refractivity contribution >= 4 is 17.5 Å². The van der Waals surface area contributed by atoms with Crippen LogP contribution in [-0.4, -0.2) is 120 Å². The van der Waals surface area contributed by atoms with Crippen LogP contribution in [0, 0.1) is 14.9 Å². The number of hydrogen-bond acceptors (Lipinski definition) is 6. The molecule has 0 saturated carbocycles. The van der Waals surface area contributed by atoms with Crippen molar-refractivity contribution < 1.29 is 43.8 Å². The van der Waals surface area contributed by atoms with Gasteiger partial charge in [-0.15, -0.1) is 0 Å². The van der Waals surface area contributed by atoms with Crippen LogP contribution in [0.3, 0.4) is 0 Å². The highest BCUT2D eigenvalue weighted by Gasteiger charge is 2.31. The molecule has 0 amide bonds. The summed E-state index contributed by atoms with van der Waals surface area (Å²) in [6, 6.07) is 0. The third kappa shape index (κ3) is 19.2. The Balaban J connectivity index is -0.000000195. The smallest absolute Gasteiger partial charge is 0.359 e. The van der Waals surface area contributed by atoms with Gasteiger partial charge in [0.25, 0.3) is 0 Å². The Bertz CT molecular complexity index is 402. The SMILES string of the molecule is CC(=O)C[N+](C)(C)CCO.CC(=O)C[N+](CCO)(CCO)CC(=O)O.[CH3-].[CH3-]. The van der Waals surface area contributed by atoms with Crippen LogP contribution < -0.4 is 0 Å². The van der Waals surface area contributed by atoms with Gasteiger partial charge in [-0.1, -0.05) is 0 Å². The fraction of sp³-hybridized carbons (Fsp3) is 0.722. The predicted molar refractivity (Wildman–Crippen MR) is 105 cm³/mol. The van der Waals surface area contributed by atoms with Crippen molar-refractivity contribution in [2.24, 2.45) is 0 Å². The molecule has 0 rings (SSSR count). The molecule has 9 heteroatoms. The van der Waals surface area contributed by atoms with Crippen LogP contribution >= 0.6 is 0 Å². The maximum absolute atomic E-state index is 11.0. The Morgan fingerprint density at radius 3 is 1.33 bits per heavy atom. The minimum atomic E-state index is -1.04. The second kappa shape index (κ2) is 16.8. The van der Waals surface area contributed by atoms with Crippen molar-refractivity contribution in [2.45, 2.75) is 13.8 Å². The molecule has 0 aliphatic carbocycles. The van der Waals surface area contributed by atoms with Crippen LogP contribution in [0.5, 0.6) is 0 Å². The molecule has 0 aromatic rings. The molecule has 0 fully saturated rings. The number of likely N-dealkylation sites (N-methyl/N-ethyl adjacent to an activating group) is 1. The average Bonchev–Trinajstić information content (AvgIpc) is 2.35. The first-order valence-corrected chi connectivity index (χ1v) is 8.14. The van der Waals surface area contributed by atoms with Crippen molar-refractivity contribution in [3.05, 3.63) is 14.9 Å². The normalized spacial score (nSPS) is 10.6. The zero-order valence-electron chi connectivity index (χ0n) is 17.8. The number of carboxylic acid groups (broad SMARTS) is 1. The van der Waals surface area contributed by atoms with E-state index in [2.05, 4.69) is 0 Å². The zero-order chi connectivity index (χ0) is 20.1. The van der Waals surface area contributed by atoms with Crippen LogP contribution in [0.4, 0.5) is 0 Å². The van der Waals surface area contributed by atoms with Crippen LogP contribution in [0.25, 0.3) is 0 Å². The van der Waals surface area contributed by atoms with Crippen molar-refractivity contribution in [1.82, 2.24) is 0 Å². The average molecular weight is 397 g/mol. The number of rotatable bonds is 12. The molecule has 0 aromatic carbocycles. The number of quaternary nitrogens is 2. The Morgan fingerprint density at radius 1 is 0.704 bits per heavy atom. The van der Waals surface area contributed by atoms with Gasteiger partial charge in [0, 0.05) is 13.8 Å². The van der Waals surface area contributed by atoms with Crippen LogP contribution in [-0.2, 0) is 14.4 Å². The summed E-state index contributed by atoms with van der Waals surface area (Å²) in [6.45, 7) is 3.87. The molecule has 0 saturated heterocycles. The molecule has 0 heterocycles. The minimum absolute atomic E-state index is 0. The molecule has 4 N–H and O–H groups in total. The number of carbonyl (C=O) groups excluding carboxylic acids is 2. The first-order chi connectivity index (χ1) is 11.4. The summed E-state index contributed by atoms with van der Waals surface area (Å²) in [5, 5.41) is 35.0. The summed E-state index contributed by atoms with van der Waals surface area (Å²) in [6.07, 6.45) is 0. The number of nitrogens with zero attached hydrogens (tertiary/aromatic N) is 2. The van der Waals surface area contributed by atoms with E-state index in [4.69, 9.17) is 20.4 Å². The van der Waals surface area contributed by atoms with E-state index in [1.807, 2.05) is 14.1 Å². The zero-order valence-corrected chi connectivity index (χ0v) is 17.8. The molecule has 0 radical (unpaired) electrons. The summed E-state index contributed by atoms with van der Waals surface area (Å²) >= 11 is 0. The first kappa shape index (κ1) is 33.2. The fourth-order valence-electron chi connectivity index (χ4n) is 2.62. The number of carbonyl (C=O) groups is 3. The standard InChI is InChI=1S/C9H17NO5.C7H16NO2.2CH3/c1-8(13)6-10(2-4-11,3-5-12)7-9(14)15;1-7(10)6-8(2,3)4-5-9;;/h11-12H,2-7H2,1H3;9H,4-6H2,1-3H3;2*1H3/q;+1;2*-1/p+1. The van der Waals surface area contributed by atoms with E-state index in [9.17, 15) is 14.4 Å². The van der Waals surface area contributed by atoms with Gasteiger partial charge in [-0.25, -0.2) is 4.79 Å². The van der Waals surface area contributed by atoms with Crippen LogP contribution in [0.2, 0.25) is 0 Å². The van der Waals surface area contributed by atoms with E-state index in [-0.39, 0.29) is 76.9 Å². The monoisotopic (exact) mass is 396 g/mol. The first-order valence-electron chi connectivity index (χ1n) is 8.14. The Kier molecular flexibility index (Phi) is 20.6. The van der Waals surface area contributed by atoms with Crippen molar-refractivity contribution in [3.8, 4) is 0 Å². The Hall–Kier alpha value is -1.39. The molecule has 0 bridgehead atoms. The Labute approximate surface area is 164 Å². The van der Waals surface area contributed by atoms with E-state index in [0.717, 1.165) is 0 Å². The molecule has 0 aromatic heterocycles. The third-order valence-corrected chi connectivity index (χ3v) is 3.53. The number of aliphatic hydroxyl groups excluding tert-OH is 3. The van der Waals surface area contributed by atoms with Gasteiger partial charge in [-0.2, -0.15) is 0 Å². The molecule has 9 nitrogen and oxygen atoms in total. The summed E-state index contributed by atoms with van der Waals surface area (Å²) in [4.78, 5) is 32.3. The number of carboxylic acids is 1. The molecule has 0 aliphatic heterocycles. The molecular weight excluding hydrogens is 356 g/mol. The number of aliphatic carboxylic acids is 1. The summed E-state index contributed by atoms with van der Waals surface area (Å²) in [5.74, 6) is -1.03. The van der Waals surface area contributed by atoms with E-state index in [1.165, 1.54) is 6.92 Å². The highest BCUT2D eigenvalue weighted by atomic mass is 16.4. The van der Waals surface area contributed by atoms with E-state index in [1.54, 1.807) is 6.92 Å². The quantitative estimate of drug-likeness (QED) is 0.246. The van der Waals surface area contributed by atoms with Crippen molar-refractivity contribution in [2.75, 3.05) is 73.2 Å². The molecule has 164 valence electrons. The maximum Gasteiger partial charge on any atom is 0.359 e. The number of hydrogen-bond donors (Lipinski definition) is 4. The van der Waals surface area contributed by atoms with Gasteiger partial charge in [0.1, 0.15) is 32.7 Å². The maximum atomic E-state index is 11.0. The topological polar surface area (TPSA) is 132 Å². The Morgan fingerprint density at radius 2 is 1.07 bits per heavy atom. The van der Waals surface area contributed by atoms with Crippen molar-refractivity contribution in [3.63, 3.8) is 0 Å². The molecule has 0 spiro atoms. The lowest BCUT2D eigenvalue weighted by Gasteiger charge is -2.35. The van der Waals surface area contributed by atoms with Crippen LogP contribution in [0.1, 0.15) is 13.8 Å². The number of Topliss-reactive ketones (excluding diaryl/α,β-unsaturated/α-hetero) is 2. The third-order valence-electron chi connectivity index (χ3n) is 3.53. The lowest BCUT2D eigenvalue weighted by molar-refractivity contribution is -0.914. The summed E-state index contributed by atoms with van der Waals surface area (Å²) < 4.78 is 0.476. The highest BCUT2D eigenvalue weighted by molar-refractivity contribution is 5.77. The summed E-state index contributed by atoms with van der Waals surface area (Å²) in [7, 11) is 3.86. The fourth-order valence-corrected chi connectivity index (χ4v) is 2.62. The summed E-state index contributed by atoms with van der Waals surface area (Å²) in [5.41, 5.74) is 0. The number of aliphatic hydroxyl groups is 3.